The second kappa shape index (κ2) is 5.18. The third kappa shape index (κ3) is 2.20. The Morgan fingerprint density at radius 3 is 2.73 bits per heavy atom. The van der Waals surface area contributed by atoms with E-state index in [9.17, 15) is 4.39 Å². The number of benzene rings is 2. The van der Waals surface area contributed by atoms with E-state index in [0.29, 0.717) is 22.6 Å². The summed E-state index contributed by atoms with van der Waals surface area (Å²) in [5.41, 5.74) is 7.52. The summed E-state index contributed by atoms with van der Waals surface area (Å²) in [6.07, 6.45) is 0. The lowest BCUT2D eigenvalue weighted by Gasteiger charge is -2.13. The van der Waals surface area contributed by atoms with Crippen molar-refractivity contribution in [1.82, 2.24) is 15.0 Å². The van der Waals surface area contributed by atoms with Gasteiger partial charge in [-0.2, -0.15) is 0 Å². The zero-order valence-corrected chi connectivity index (χ0v) is 12.4. The molecule has 22 heavy (non-hydrogen) atoms. The summed E-state index contributed by atoms with van der Waals surface area (Å²) in [6, 6.07) is 6.91. The maximum atomic E-state index is 14.1. The van der Waals surface area contributed by atoms with Gasteiger partial charge in [0.2, 0.25) is 0 Å². The highest BCUT2D eigenvalue weighted by Gasteiger charge is 2.16. The first-order chi connectivity index (χ1) is 10.5. The van der Waals surface area contributed by atoms with Crippen LogP contribution in [0.4, 0.5) is 10.1 Å². The van der Waals surface area contributed by atoms with Crippen molar-refractivity contribution in [3.8, 4) is 17.2 Å². The summed E-state index contributed by atoms with van der Waals surface area (Å²) in [6.45, 7) is 1.60. The van der Waals surface area contributed by atoms with Crippen molar-refractivity contribution < 1.29 is 13.9 Å². The molecule has 0 unspecified atom stereocenters. The molecule has 2 aromatic carbocycles. The van der Waals surface area contributed by atoms with Gasteiger partial charge in [0.15, 0.2) is 5.82 Å². The molecule has 0 radical (unpaired) electrons. The maximum absolute atomic E-state index is 14.1. The highest BCUT2D eigenvalue weighted by atomic mass is 19.1. The van der Waals surface area contributed by atoms with Crippen LogP contribution in [0.3, 0.4) is 0 Å². The third-order valence-corrected chi connectivity index (χ3v) is 3.49. The summed E-state index contributed by atoms with van der Waals surface area (Å²) >= 11 is 0. The number of nitrogen functional groups attached to an aromatic ring is 1. The molecule has 0 amide bonds. The average Bonchev–Trinajstić information content (AvgIpc) is 2.89. The number of rotatable bonds is 3. The number of nitrogens with two attached hydrogens (primary N) is 1. The fourth-order valence-electron chi connectivity index (χ4n) is 2.21. The van der Waals surface area contributed by atoms with Crippen molar-refractivity contribution in [3.05, 3.63) is 35.6 Å². The number of anilines is 1. The van der Waals surface area contributed by atoms with E-state index in [4.69, 9.17) is 15.2 Å². The molecule has 3 aromatic rings. The van der Waals surface area contributed by atoms with E-state index in [1.54, 1.807) is 36.9 Å². The van der Waals surface area contributed by atoms with Crippen molar-refractivity contribution in [2.75, 3.05) is 12.8 Å². The standard InChI is InChI=1S/C15H15FN4O2/c1-8-12(7-13(21-3)15(17)14(8)16)22-9-4-5-11-10(6-9)18-19-20(11)2/h4-7H,17H2,1-3H3. The molecule has 0 saturated carbocycles. The number of aromatic nitrogens is 3. The second-order valence-electron chi connectivity index (χ2n) is 4.90. The van der Waals surface area contributed by atoms with Crippen LogP contribution in [-0.4, -0.2) is 22.1 Å². The Balaban J connectivity index is 2.02. The number of hydrogen-bond acceptors (Lipinski definition) is 5. The quantitative estimate of drug-likeness (QED) is 0.753. The normalized spacial score (nSPS) is 10.9. The zero-order chi connectivity index (χ0) is 15.9. The van der Waals surface area contributed by atoms with E-state index in [1.807, 2.05) is 6.07 Å². The number of methoxy groups -OCH3 is 1. The van der Waals surface area contributed by atoms with Crippen LogP contribution in [0.2, 0.25) is 0 Å². The average molecular weight is 302 g/mol. The Kier molecular flexibility index (Phi) is 3.32. The predicted molar refractivity (Wildman–Crippen MR) is 80.7 cm³/mol. The molecule has 1 aromatic heterocycles. The van der Waals surface area contributed by atoms with Crippen LogP contribution in [-0.2, 0) is 7.05 Å². The highest BCUT2D eigenvalue weighted by molar-refractivity contribution is 5.76. The molecule has 2 N–H and O–H groups in total. The smallest absolute Gasteiger partial charge is 0.156 e. The van der Waals surface area contributed by atoms with Gasteiger partial charge in [-0.1, -0.05) is 5.21 Å². The first-order valence-electron chi connectivity index (χ1n) is 6.61. The lowest BCUT2D eigenvalue weighted by molar-refractivity contribution is 0.406. The fourth-order valence-corrected chi connectivity index (χ4v) is 2.21. The van der Waals surface area contributed by atoms with Crippen LogP contribution in [0.15, 0.2) is 24.3 Å². The second-order valence-corrected chi connectivity index (χ2v) is 4.90. The van der Waals surface area contributed by atoms with Gasteiger partial charge in [-0.3, -0.25) is 0 Å². The molecule has 7 heteroatoms. The Bertz CT molecular complexity index is 860. The fraction of sp³-hybridized carbons (Fsp3) is 0.200. The van der Waals surface area contributed by atoms with Crippen molar-refractivity contribution >= 4 is 16.7 Å². The van der Waals surface area contributed by atoms with E-state index in [2.05, 4.69) is 10.3 Å². The molecule has 0 spiro atoms. The monoisotopic (exact) mass is 302 g/mol. The molecular formula is C15H15FN4O2. The number of nitrogens with zero attached hydrogens (tertiary/aromatic N) is 3. The topological polar surface area (TPSA) is 75.2 Å². The van der Waals surface area contributed by atoms with Gasteiger partial charge in [-0.25, -0.2) is 9.07 Å². The largest absolute Gasteiger partial charge is 0.494 e. The lowest BCUT2D eigenvalue weighted by atomic mass is 10.1. The summed E-state index contributed by atoms with van der Waals surface area (Å²) in [5, 5.41) is 7.95. The van der Waals surface area contributed by atoms with Crippen molar-refractivity contribution in [2.45, 2.75) is 6.92 Å². The first-order valence-corrected chi connectivity index (χ1v) is 6.61. The van der Waals surface area contributed by atoms with Crippen LogP contribution in [0.1, 0.15) is 5.56 Å². The van der Waals surface area contributed by atoms with Gasteiger partial charge in [0.05, 0.1) is 12.6 Å². The van der Waals surface area contributed by atoms with E-state index < -0.39 is 5.82 Å². The molecule has 0 saturated heterocycles. The lowest BCUT2D eigenvalue weighted by Crippen LogP contribution is -2.00. The van der Waals surface area contributed by atoms with Crippen LogP contribution in [0.25, 0.3) is 11.0 Å². The van der Waals surface area contributed by atoms with Gasteiger partial charge in [0.25, 0.3) is 0 Å². The zero-order valence-electron chi connectivity index (χ0n) is 12.4. The van der Waals surface area contributed by atoms with Crippen LogP contribution >= 0.6 is 0 Å². The van der Waals surface area contributed by atoms with Gasteiger partial charge < -0.3 is 15.2 Å². The van der Waals surface area contributed by atoms with Gasteiger partial charge >= 0.3 is 0 Å². The molecule has 0 bridgehead atoms. The van der Waals surface area contributed by atoms with Gasteiger partial charge in [-0.05, 0) is 19.1 Å². The van der Waals surface area contributed by atoms with Crippen LogP contribution in [0, 0.1) is 12.7 Å². The van der Waals surface area contributed by atoms with Crippen molar-refractivity contribution in [1.29, 1.82) is 0 Å². The first kappa shape index (κ1) is 14.1. The van der Waals surface area contributed by atoms with Gasteiger partial charge in [0, 0.05) is 24.7 Å². The summed E-state index contributed by atoms with van der Waals surface area (Å²) < 4.78 is 26.6. The molecule has 1 heterocycles. The molecule has 3 rings (SSSR count). The minimum Gasteiger partial charge on any atom is -0.494 e. The molecule has 0 fully saturated rings. The number of halogens is 1. The minimum absolute atomic E-state index is 0.0308. The summed E-state index contributed by atoms with van der Waals surface area (Å²) in [7, 11) is 3.23. The number of hydrogen-bond donors (Lipinski definition) is 1. The van der Waals surface area contributed by atoms with E-state index in [1.165, 1.54) is 7.11 Å². The molecule has 0 aliphatic rings. The number of ether oxygens (including phenoxy) is 2. The number of aryl methyl sites for hydroxylation is 1. The molecular weight excluding hydrogens is 287 g/mol. The Labute approximate surface area is 126 Å². The van der Waals surface area contributed by atoms with Gasteiger partial charge in [0.1, 0.15) is 28.5 Å². The SMILES string of the molecule is COc1cc(Oc2ccc3c(c2)nnn3C)c(C)c(F)c1N. The summed E-state index contributed by atoms with van der Waals surface area (Å²) in [4.78, 5) is 0. The summed E-state index contributed by atoms with van der Waals surface area (Å²) in [5.74, 6) is 0.558. The van der Waals surface area contributed by atoms with Gasteiger partial charge in [-0.15, -0.1) is 5.10 Å². The Morgan fingerprint density at radius 2 is 2.00 bits per heavy atom. The number of fused-ring (bicyclic) bond motifs is 1. The van der Waals surface area contributed by atoms with Crippen molar-refractivity contribution in [3.63, 3.8) is 0 Å². The molecule has 0 aliphatic carbocycles. The molecule has 0 atom stereocenters. The van der Waals surface area contributed by atoms with E-state index >= 15 is 0 Å². The molecule has 114 valence electrons. The highest BCUT2D eigenvalue weighted by Crippen LogP contribution is 2.36. The molecule has 6 nitrogen and oxygen atoms in total. The van der Waals surface area contributed by atoms with Crippen LogP contribution in [0.5, 0.6) is 17.2 Å². The Morgan fingerprint density at radius 1 is 1.23 bits per heavy atom. The van der Waals surface area contributed by atoms with Crippen molar-refractivity contribution in [2.24, 2.45) is 7.05 Å². The minimum atomic E-state index is -0.546. The Hall–Kier alpha value is -2.83. The third-order valence-electron chi connectivity index (χ3n) is 3.49. The molecule has 0 aliphatic heterocycles. The van der Waals surface area contributed by atoms with E-state index in [-0.39, 0.29) is 11.4 Å². The predicted octanol–water partition coefficient (Wildman–Crippen LogP) is 2.80. The van der Waals surface area contributed by atoms with Crippen LogP contribution < -0.4 is 15.2 Å². The van der Waals surface area contributed by atoms with E-state index in [0.717, 1.165) is 5.52 Å². The maximum Gasteiger partial charge on any atom is 0.156 e.